The smallest absolute Gasteiger partial charge is 0.338 e. The molecular formula is C24H25ClN2O4. The average molecular weight is 441 g/mol. The highest BCUT2D eigenvalue weighted by Crippen LogP contribution is 2.39. The van der Waals surface area contributed by atoms with Crippen LogP contribution in [0.1, 0.15) is 34.6 Å². The molecule has 1 aliphatic rings. The predicted molar refractivity (Wildman–Crippen MR) is 117 cm³/mol. The Kier molecular flexibility index (Phi) is 6.70. The van der Waals surface area contributed by atoms with Crippen LogP contribution in [0.5, 0.6) is 0 Å². The van der Waals surface area contributed by atoms with Crippen molar-refractivity contribution in [1.29, 1.82) is 0 Å². The van der Waals surface area contributed by atoms with Crippen molar-refractivity contribution in [3.05, 3.63) is 89.0 Å². The van der Waals surface area contributed by atoms with E-state index in [2.05, 4.69) is 4.98 Å². The van der Waals surface area contributed by atoms with Gasteiger partial charge in [-0.2, -0.15) is 0 Å². The molecule has 0 amide bonds. The van der Waals surface area contributed by atoms with Crippen molar-refractivity contribution >= 4 is 17.6 Å². The first-order valence-corrected chi connectivity index (χ1v) is 10.7. The fraction of sp³-hybridized carbons (Fsp3) is 0.333. The third kappa shape index (κ3) is 5.15. The van der Waals surface area contributed by atoms with Gasteiger partial charge in [-0.25, -0.2) is 9.78 Å². The molecule has 2 aromatic carbocycles. The summed E-state index contributed by atoms with van der Waals surface area (Å²) in [6.07, 6.45) is 5.65. The van der Waals surface area contributed by atoms with E-state index >= 15 is 0 Å². The lowest BCUT2D eigenvalue weighted by Crippen LogP contribution is -2.30. The minimum Gasteiger partial charge on any atom is -0.459 e. The van der Waals surface area contributed by atoms with Crippen molar-refractivity contribution in [2.24, 2.45) is 7.05 Å². The molecule has 1 aromatic heterocycles. The van der Waals surface area contributed by atoms with E-state index in [1.807, 2.05) is 48.1 Å². The minimum absolute atomic E-state index is 0.127. The number of benzene rings is 2. The Labute approximate surface area is 186 Å². The van der Waals surface area contributed by atoms with Crippen LogP contribution < -0.4 is 0 Å². The molecule has 0 saturated carbocycles. The molecule has 162 valence electrons. The van der Waals surface area contributed by atoms with Gasteiger partial charge in [0.1, 0.15) is 18.5 Å². The highest BCUT2D eigenvalue weighted by Gasteiger charge is 2.43. The van der Waals surface area contributed by atoms with Crippen LogP contribution in [0.15, 0.2) is 67.0 Å². The van der Waals surface area contributed by atoms with Gasteiger partial charge in [-0.1, -0.05) is 41.9 Å². The summed E-state index contributed by atoms with van der Waals surface area (Å²) < 4.78 is 20.0. The van der Waals surface area contributed by atoms with Gasteiger partial charge in [0.15, 0.2) is 5.79 Å². The Morgan fingerprint density at radius 2 is 2.00 bits per heavy atom. The number of hydrogen-bond acceptors (Lipinski definition) is 5. The lowest BCUT2D eigenvalue weighted by atomic mass is 9.99. The van der Waals surface area contributed by atoms with Gasteiger partial charge in [-0.05, 0) is 30.7 Å². The maximum absolute atomic E-state index is 12.3. The van der Waals surface area contributed by atoms with Gasteiger partial charge in [0.05, 0.1) is 12.2 Å². The second-order valence-corrected chi connectivity index (χ2v) is 8.02. The number of carbonyl (C=O) groups excluding carboxylic acids is 1. The van der Waals surface area contributed by atoms with Crippen LogP contribution in [0.25, 0.3) is 0 Å². The van der Waals surface area contributed by atoms with Gasteiger partial charge in [0.2, 0.25) is 0 Å². The standard InChI is InChI=1S/C24H25ClN2O4/c1-27-15-14-26-22(27)8-5-13-24(19-9-11-20(25)12-10-19)30-17-21(31-24)16-29-23(28)18-6-3-2-4-7-18/h2-4,6-7,9-12,14-15,21H,5,8,13,16-17H2,1H3/t21-,24+/m1/s1. The first-order valence-electron chi connectivity index (χ1n) is 10.3. The Bertz CT molecular complexity index is 1010. The van der Waals surface area contributed by atoms with E-state index in [1.54, 1.807) is 30.5 Å². The molecule has 0 radical (unpaired) electrons. The number of imidazole rings is 1. The molecule has 0 aliphatic carbocycles. The third-order valence-electron chi connectivity index (χ3n) is 5.38. The molecule has 6 nitrogen and oxygen atoms in total. The lowest BCUT2D eigenvalue weighted by Gasteiger charge is -2.29. The number of hydrogen-bond donors (Lipinski definition) is 0. The molecule has 0 N–H and O–H groups in total. The van der Waals surface area contributed by atoms with E-state index in [0.29, 0.717) is 23.6 Å². The van der Waals surface area contributed by atoms with Crippen molar-refractivity contribution in [1.82, 2.24) is 9.55 Å². The van der Waals surface area contributed by atoms with Crippen molar-refractivity contribution < 1.29 is 19.0 Å². The molecule has 7 heteroatoms. The van der Waals surface area contributed by atoms with Crippen LogP contribution in [0, 0.1) is 0 Å². The topological polar surface area (TPSA) is 62.6 Å². The quantitative estimate of drug-likeness (QED) is 0.482. The summed E-state index contributed by atoms with van der Waals surface area (Å²) in [4.78, 5) is 16.6. The molecule has 1 saturated heterocycles. The van der Waals surface area contributed by atoms with Gasteiger partial charge in [0, 0.05) is 42.9 Å². The second-order valence-electron chi connectivity index (χ2n) is 7.58. The molecule has 1 aliphatic heterocycles. The highest BCUT2D eigenvalue weighted by molar-refractivity contribution is 6.30. The van der Waals surface area contributed by atoms with E-state index in [4.69, 9.17) is 25.8 Å². The zero-order valence-electron chi connectivity index (χ0n) is 17.4. The monoisotopic (exact) mass is 440 g/mol. The van der Waals surface area contributed by atoms with Crippen molar-refractivity contribution in [2.45, 2.75) is 31.2 Å². The van der Waals surface area contributed by atoms with Crippen LogP contribution in [0.3, 0.4) is 0 Å². The maximum Gasteiger partial charge on any atom is 0.338 e. The van der Waals surface area contributed by atoms with E-state index in [0.717, 1.165) is 24.2 Å². The van der Waals surface area contributed by atoms with Gasteiger partial charge in [0.25, 0.3) is 0 Å². The number of aryl methyl sites for hydroxylation is 2. The fourth-order valence-electron chi connectivity index (χ4n) is 3.72. The van der Waals surface area contributed by atoms with Gasteiger partial charge >= 0.3 is 5.97 Å². The normalized spacial score (nSPS) is 20.6. The number of carbonyl (C=O) groups is 1. The lowest BCUT2D eigenvalue weighted by molar-refractivity contribution is -0.185. The van der Waals surface area contributed by atoms with Crippen LogP contribution >= 0.6 is 11.6 Å². The maximum atomic E-state index is 12.3. The largest absolute Gasteiger partial charge is 0.459 e. The molecular weight excluding hydrogens is 416 g/mol. The van der Waals surface area contributed by atoms with Crippen molar-refractivity contribution in [3.8, 4) is 0 Å². The summed E-state index contributed by atoms with van der Waals surface area (Å²) in [7, 11) is 1.98. The molecule has 1 fully saturated rings. The molecule has 4 rings (SSSR count). The van der Waals surface area contributed by atoms with E-state index < -0.39 is 5.79 Å². The van der Waals surface area contributed by atoms with E-state index in [1.165, 1.54) is 0 Å². The number of nitrogens with zero attached hydrogens (tertiary/aromatic N) is 2. The summed E-state index contributed by atoms with van der Waals surface area (Å²) in [6.45, 7) is 0.468. The Balaban J connectivity index is 1.42. The molecule has 2 heterocycles. The molecule has 0 spiro atoms. The average Bonchev–Trinajstić information content (AvgIpc) is 3.40. The Morgan fingerprint density at radius 3 is 2.71 bits per heavy atom. The van der Waals surface area contributed by atoms with Crippen LogP contribution in [0.2, 0.25) is 5.02 Å². The van der Waals surface area contributed by atoms with E-state index in [-0.39, 0.29) is 18.7 Å². The summed E-state index contributed by atoms with van der Waals surface area (Å²) in [5, 5.41) is 0.651. The zero-order valence-corrected chi connectivity index (χ0v) is 18.1. The minimum atomic E-state index is -0.903. The Morgan fingerprint density at radius 1 is 1.23 bits per heavy atom. The molecule has 0 unspecified atom stereocenters. The highest BCUT2D eigenvalue weighted by atomic mass is 35.5. The predicted octanol–water partition coefficient (Wildman–Crippen LogP) is 4.52. The summed E-state index contributed by atoms with van der Waals surface area (Å²) in [6, 6.07) is 16.4. The number of aromatic nitrogens is 2. The number of rotatable bonds is 8. The molecule has 0 bridgehead atoms. The molecule has 31 heavy (non-hydrogen) atoms. The Hall–Kier alpha value is -2.67. The summed E-state index contributed by atoms with van der Waals surface area (Å²) in [5.74, 6) is -0.264. The van der Waals surface area contributed by atoms with Crippen molar-refractivity contribution in [2.75, 3.05) is 13.2 Å². The summed E-state index contributed by atoms with van der Waals surface area (Å²) in [5.41, 5.74) is 1.41. The first-order chi connectivity index (χ1) is 15.1. The van der Waals surface area contributed by atoms with E-state index in [9.17, 15) is 4.79 Å². The van der Waals surface area contributed by atoms with Gasteiger partial charge in [-0.15, -0.1) is 0 Å². The fourth-order valence-corrected chi connectivity index (χ4v) is 3.85. The number of esters is 1. The van der Waals surface area contributed by atoms with Crippen LogP contribution in [0.4, 0.5) is 0 Å². The second kappa shape index (κ2) is 9.64. The third-order valence-corrected chi connectivity index (χ3v) is 5.63. The summed E-state index contributed by atoms with van der Waals surface area (Å²) >= 11 is 6.07. The van der Waals surface area contributed by atoms with Gasteiger partial charge < -0.3 is 18.8 Å². The number of ether oxygens (including phenoxy) is 3. The number of halogens is 1. The SMILES string of the molecule is Cn1ccnc1CCC[C@]1(c2ccc(Cl)cc2)OC[C@@H](COC(=O)c2ccccc2)O1. The van der Waals surface area contributed by atoms with Crippen LogP contribution in [-0.4, -0.2) is 34.8 Å². The molecule has 2 atom stereocenters. The van der Waals surface area contributed by atoms with Gasteiger partial charge in [-0.3, -0.25) is 0 Å². The van der Waals surface area contributed by atoms with Crippen molar-refractivity contribution in [3.63, 3.8) is 0 Å². The van der Waals surface area contributed by atoms with Crippen LogP contribution in [-0.2, 0) is 33.5 Å². The first kappa shape index (κ1) is 21.6. The molecule has 3 aromatic rings. The zero-order chi connectivity index (χ0) is 21.7.